The van der Waals surface area contributed by atoms with Crippen molar-refractivity contribution >= 4 is 17.6 Å². The third-order valence-corrected chi connectivity index (χ3v) is 6.03. The molecule has 1 unspecified atom stereocenters. The summed E-state index contributed by atoms with van der Waals surface area (Å²) in [5, 5.41) is 5.85. The summed E-state index contributed by atoms with van der Waals surface area (Å²) >= 11 is 0. The highest BCUT2D eigenvalue weighted by molar-refractivity contribution is 5.84. The summed E-state index contributed by atoms with van der Waals surface area (Å²) in [5.74, 6) is 0.683. The normalized spacial score (nSPS) is 18.2. The summed E-state index contributed by atoms with van der Waals surface area (Å²) < 4.78 is 5.48. The molecule has 1 atom stereocenters. The predicted molar refractivity (Wildman–Crippen MR) is 120 cm³/mol. The Balaban J connectivity index is 1.26. The van der Waals surface area contributed by atoms with Crippen LogP contribution in [-0.4, -0.2) is 56.2 Å². The van der Waals surface area contributed by atoms with Crippen molar-refractivity contribution < 1.29 is 14.3 Å². The molecule has 31 heavy (non-hydrogen) atoms. The van der Waals surface area contributed by atoms with Gasteiger partial charge in [0.25, 0.3) is 0 Å². The van der Waals surface area contributed by atoms with E-state index in [0.717, 1.165) is 43.8 Å². The number of carbonyl (C=O) groups excluding carboxylic acids is 2. The van der Waals surface area contributed by atoms with Gasteiger partial charge >= 0.3 is 6.03 Å². The molecule has 0 radical (unpaired) electrons. The molecular weight excluding hydrogens is 392 g/mol. The highest BCUT2D eigenvalue weighted by atomic mass is 16.5. The number of para-hydroxylation sites is 2. The van der Waals surface area contributed by atoms with Crippen molar-refractivity contribution in [3.8, 4) is 5.75 Å². The van der Waals surface area contributed by atoms with Crippen molar-refractivity contribution in [3.05, 3.63) is 59.7 Å². The molecule has 2 heterocycles. The van der Waals surface area contributed by atoms with Crippen LogP contribution in [0.4, 0.5) is 10.5 Å². The number of benzene rings is 2. The Morgan fingerprint density at radius 3 is 2.68 bits per heavy atom. The van der Waals surface area contributed by atoms with E-state index in [1.807, 2.05) is 36.4 Å². The third kappa shape index (κ3) is 5.10. The molecule has 0 bridgehead atoms. The Kier molecular flexibility index (Phi) is 6.60. The number of urea groups is 1. The van der Waals surface area contributed by atoms with E-state index >= 15 is 0 Å². The minimum absolute atomic E-state index is 0.0118. The quantitative estimate of drug-likeness (QED) is 0.777. The molecule has 2 N–H and O–H groups in total. The Morgan fingerprint density at radius 1 is 1.06 bits per heavy atom. The van der Waals surface area contributed by atoms with Gasteiger partial charge in [-0.1, -0.05) is 36.4 Å². The standard InChI is InChI=1S/C24H30N4O3/c1-31-22-11-5-4-10-21(22)27-13-6-9-20(17-27)26-23(29)15-25-24(30)28-14-12-18-7-2-3-8-19(18)16-28/h2-5,7-8,10-11,20H,6,9,12-17H2,1H3,(H,25,30)(H,26,29). The second-order valence-corrected chi connectivity index (χ2v) is 8.12. The van der Waals surface area contributed by atoms with Crippen molar-refractivity contribution in [3.63, 3.8) is 0 Å². The molecular formula is C24H30N4O3. The summed E-state index contributed by atoms with van der Waals surface area (Å²) in [6.45, 7) is 2.89. The molecule has 3 amide bonds. The van der Waals surface area contributed by atoms with E-state index in [-0.39, 0.29) is 24.5 Å². The zero-order valence-electron chi connectivity index (χ0n) is 18.0. The highest BCUT2D eigenvalue weighted by Crippen LogP contribution is 2.29. The van der Waals surface area contributed by atoms with Crippen LogP contribution in [0.5, 0.6) is 5.75 Å². The van der Waals surface area contributed by atoms with Gasteiger partial charge in [-0.2, -0.15) is 0 Å². The van der Waals surface area contributed by atoms with Gasteiger partial charge in [-0.25, -0.2) is 4.79 Å². The monoisotopic (exact) mass is 422 g/mol. The first kappa shape index (κ1) is 21.0. The van der Waals surface area contributed by atoms with Crippen LogP contribution in [0.15, 0.2) is 48.5 Å². The van der Waals surface area contributed by atoms with Crippen LogP contribution >= 0.6 is 0 Å². The van der Waals surface area contributed by atoms with Gasteiger partial charge in [-0.15, -0.1) is 0 Å². The predicted octanol–water partition coefficient (Wildman–Crippen LogP) is 2.55. The molecule has 2 aliphatic rings. The number of ether oxygens (including phenoxy) is 1. The number of hydrogen-bond acceptors (Lipinski definition) is 4. The molecule has 0 aromatic heterocycles. The first-order valence-corrected chi connectivity index (χ1v) is 10.9. The molecule has 2 aliphatic heterocycles. The number of fused-ring (bicyclic) bond motifs is 1. The average Bonchev–Trinajstić information content (AvgIpc) is 2.82. The summed E-state index contributed by atoms with van der Waals surface area (Å²) in [4.78, 5) is 29.0. The van der Waals surface area contributed by atoms with Crippen LogP contribution in [-0.2, 0) is 17.8 Å². The van der Waals surface area contributed by atoms with Gasteiger partial charge in [0.2, 0.25) is 5.91 Å². The van der Waals surface area contributed by atoms with Gasteiger partial charge in [0, 0.05) is 32.2 Å². The molecule has 1 fully saturated rings. The van der Waals surface area contributed by atoms with Crippen molar-refractivity contribution in [2.24, 2.45) is 0 Å². The van der Waals surface area contributed by atoms with E-state index in [1.165, 1.54) is 11.1 Å². The Bertz CT molecular complexity index is 933. The molecule has 164 valence electrons. The first-order valence-electron chi connectivity index (χ1n) is 10.9. The Labute approximate surface area is 183 Å². The third-order valence-electron chi connectivity index (χ3n) is 6.03. The van der Waals surface area contributed by atoms with Crippen molar-refractivity contribution in [1.82, 2.24) is 15.5 Å². The summed E-state index contributed by atoms with van der Waals surface area (Å²) in [7, 11) is 1.67. The summed E-state index contributed by atoms with van der Waals surface area (Å²) in [5.41, 5.74) is 3.51. The number of amides is 3. The van der Waals surface area contributed by atoms with E-state index in [4.69, 9.17) is 4.74 Å². The van der Waals surface area contributed by atoms with Crippen LogP contribution < -0.4 is 20.3 Å². The number of hydrogen-bond donors (Lipinski definition) is 2. The fourth-order valence-electron chi connectivity index (χ4n) is 4.42. The van der Waals surface area contributed by atoms with E-state index in [0.29, 0.717) is 13.1 Å². The largest absolute Gasteiger partial charge is 0.495 e. The Hall–Kier alpha value is -3.22. The lowest BCUT2D eigenvalue weighted by Gasteiger charge is -2.35. The number of piperidine rings is 1. The maximum absolute atomic E-state index is 12.5. The molecule has 4 rings (SSSR count). The van der Waals surface area contributed by atoms with Crippen LogP contribution in [0.2, 0.25) is 0 Å². The van der Waals surface area contributed by atoms with Crippen molar-refractivity contribution in [1.29, 1.82) is 0 Å². The fourth-order valence-corrected chi connectivity index (χ4v) is 4.42. The Morgan fingerprint density at radius 2 is 1.84 bits per heavy atom. The van der Waals surface area contributed by atoms with Gasteiger partial charge in [0.1, 0.15) is 5.75 Å². The second-order valence-electron chi connectivity index (χ2n) is 8.12. The van der Waals surface area contributed by atoms with Gasteiger partial charge in [-0.3, -0.25) is 4.79 Å². The molecule has 7 nitrogen and oxygen atoms in total. The summed E-state index contributed by atoms with van der Waals surface area (Å²) in [6.07, 6.45) is 2.76. The number of methoxy groups -OCH3 is 1. The van der Waals surface area contributed by atoms with Crippen LogP contribution in [0, 0.1) is 0 Å². The van der Waals surface area contributed by atoms with Crippen LogP contribution in [0.1, 0.15) is 24.0 Å². The van der Waals surface area contributed by atoms with Gasteiger partial charge in [0.05, 0.1) is 19.3 Å². The lowest BCUT2D eigenvalue weighted by molar-refractivity contribution is -0.120. The molecule has 2 aromatic rings. The van der Waals surface area contributed by atoms with Crippen molar-refractivity contribution in [2.45, 2.75) is 31.8 Å². The van der Waals surface area contributed by atoms with E-state index in [9.17, 15) is 9.59 Å². The zero-order chi connectivity index (χ0) is 21.6. The van der Waals surface area contributed by atoms with E-state index in [2.05, 4.69) is 27.7 Å². The number of nitrogens with one attached hydrogen (secondary N) is 2. The van der Waals surface area contributed by atoms with Crippen LogP contribution in [0.25, 0.3) is 0 Å². The number of anilines is 1. The van der Waals surface area contributed by atoms with Gasteiger partial charge in [0.15, 0.2) is 0 Å². The molecule has 2 aromatic carbocycles. The number of rotatable bonds is 5. The minimum atomic E-state index is -0.191. The lowest BCUT2D eigenvalue weighted by atomic mass is 10.0. The topological polar surface area (TPSA) is 73.9 Å². The zero-order valence-corrected chi connectivity index (χ0v) is 18.0. The van der Waals surface area contributed by atoms with Gasteiger partial charge in [-0.05, 0) is 42.5 Å². The van der Waals surface area contributed by atoms with E-state index < -0.39 is 0 Å². The fraction of sp³-hybridized carbons (Fsp3) is 0.417. The van der Waals surface area contributed by atoms with Crippen LogP contribution in [0.3, 0.4) is 0 Å². The van der Waals surface area contributed by atoms with Gasteiger partial charge < -0.3 is 25.2 Å². The highest BCUT2D eigenvalue weighted by Gasteiger charge is 2.24. The summed E-state index contributed by atoms with van der Waals surface area (Å²) in [6, 6.07) is 16.0. The minimum Gasteiger partial charge on any atom is -0.495 e. The smallest absolute Gasteiger partial charge is 0.318 e. The average molecular weight is 423 g/mol. The van der Waals surface area contributed by atoms with E-state index in [1.54, 1.807) is 12.0 Å². The molecule has 7 heteroatoms. The molecule has 0 aliphatic carbocycles. The molecule has 1 saturated heterocycles. The lowest BCUT2D eigenvalue weighted by Crippen LogP contribution is -2.51. The number of carbonyl (C=O) groups is 2. The number of nitrogens with zero attached hydrogens (tertiary/aromatic N) is 2. The maximum Gasteiger partial charge on any atom is 0.318 e. The molecule has 0 spiro atoms. The first-order chi connectivity index (χ1) is 15.1. The second kappa shape index (κ2) is 9.73. The maximum atomic E-state index is 12.5. The molecule has 0 saturated carbocycles. The van der Waals surface area contributed by atoms with Crippen molar-refractivity contribution in [2.75, 3.05) is 38.2 Å². The SMILES string of the molecule is COc1ccccc1N1CCCC(NC(=O)CNC(=O)N2CCc3ccccc3C2)C1.